The number of nitrogens with two attached hydrogens (primary N) is 1. The average Bonchev–Trinajstić information content (AvgIpc) is 2.12. The van der Waals surface area contributed by atoms with Crippen molar-refractivity contribution in [3.05, 3.63) is 0 Å². The van der Waals surface area contributed by atoms with Crippen molar-refractivity contribution >= 4 is 5.97 Å². The maximum absolute atomic E-state index is 11.5. The minimum absolute atomic E-state index is 0.0772. The lowest BCUT2D eigenvalue weighted by Gasteiger charge is -2.26. The second-order valence-corrected chi connectivity index (χ2v) is 5.92. The lowest BCUT2D eigenvalue weighted by Crippen LogP contribution is -2.29. The van der Waals surface area contributed by atoms with Crippen LogP contribution in [0, 0.1) is 5.92 Å². The molecule has 0 heterocycles. The highest BCUT2D eigenvalue weighted by Gasteiger charge is 2.21. The minimum Gasteiger partial charge on any atom is -0.460 e. The van der Waals surface area contributed by atoms with Gasteiger partial charge in [0.2, 0.25) is 0 Å². The summed E-state index contributed by atoms with van der Waals surface area (Å²) >= 11 is 0. The summed E-state index contributed by atoms with van der Waals surface area (Å²) in [5, 5.41) is 0. The van der Waals surface area contributed by atoms with Gasteiger partial charge in [-0.1, -0.05) is 12.8 Å². The highest BCUT2D eigenvalue weighted by Crippen LogP contribution is 2.27. The van der Waals surface area contributed by atoms with Crippen LogP contribution in [0.5, 0.6) is 0 Å². The van der Waals surface area contributed by atoms with Gasteiger partial charge in [-0.3, -0.25) is 4.79 Å². The summed E-state index contributed by atoms with van der Waals surface area (Å²) in [5.74, 6) is 0.544. The second-order valence-electron chi connectivity index (χ2n) is 5.92. The normalized spacial score (nSPS) is 26.5. The minimum atomic E-state index is -0.361. The molecule has 0 aromatic rings. The van der Waals surface area contributed by atoms with E-state index in [2.05, 4.69) is 0 Å². The van der Waals surface area contributed by atoms with Crippen molar-refractivity contribution in [2.45, 2.75) is 70.9 Å². The molecular formula is C13H25NO2. The number of hydrogen-bond acceptors (Lipinski definition) is 3. The van der Waals surface area contributed by atoms with Gasteiger partial charge in [0.05, 0.1) is 0 Å². The Morgan fingerprint density at radius 3 is 2.62 bits per heavy atom. The average molecular weight is 227 g/mol. The Kier molecular flexibility index (Phi) is 4.78. The van der Waals surface area contributed by atoms with Crippen LogP contribution in [0.15, 0.2) is 0 Å². The molecule has 0 aromatic heterocycles. The summed E-state index contributed by atoms with van der Waals surface area (Å²) in [6.07, 6.45) is 6.11. The Morgan fingerprint density at radius 2 is 2.06 bits per heavy atom. The van der Waals surface area contributed by atoms with Crippen molar-refractivity contribution in [3.8, 4) is 0 Å². The molecule has 0 amide bonds. The molecule has 1 fully saturated rings. The van der Waals surface area contributed by atoms with E-state index in [1.54, 1.807) is 0 Å². The van der Waals surface area contributed by atoms with Gasteiger partial charge < -0.3 is 10.5 Å². The fraction of sp³-hybridized carbons (Fsp3) is 0.923. The summed E-state index contributed by atoms with van der Waals surface area (Å²) in [6.45, 7) is 5.71. The van der Waals surface area contributed by atoms with Gasteiger partial charge in [-0.05, 0) is 46.0 Å². The molecule has 16 heavy (non-hydrogen) atoms. The Balaban J connectivity index is 2.21. The monoisotopic (exact) mass is 227 g/mol. The molecule has 3 heteroatoms. The Labute approximate surface area is 98.7 Å². The standard InChI is InChI=1S/C13H25NO2/c1-13(2,3)16-12(15)8-7-10-5-4-6-11(14)9-10/h10-11H,4-9,14H2,1-3H3/t10-,11-/m0/s1. The summed E-state index contributed by atoms with van der Waals surface area (Å²) in [4.78, 5) is 11.5. The van der Waals surface area contributed by atoms with Crippen LogP contribution in [0.4, 0.5) is 0 Å². The van der Waals surface area contributed by atoms with Crippen LogP contribution in [0.25, 0.3) is 0 Å². The van der Waals surface area contributed by atoms with Crippen molar-refractivity contribution in [2.75, 3.05) is 0 Å². The zero-order chi connectivity index (χ0) is 12.2. The summed E-state index contributed by atoms with van der Waals surface area (Å²) < 4.78 is 5.29. The highest BCUT2D eigenvalue weighted by atomic mass is 16.6. The molecule has 2 N–H and O–H groups in total. The topological polar surface area (TPSA) is 52.3 Å². The first-order chi connectivity index (χ1) is 7.37. The molecule has 1 rings (SSSR count). The molecule has 0 spiro atoms. The first-order valence-electron chi connectivity index (χ1n) is 6.34. The third kappa shape index (κ3) is 5.50. The molecule has 0 aliphatic heterocycles. The smallest absolute Gasteiger partial charge is 0.306 e. The van der Waals surface area contributed by atoms with Crippen LogP contribution in [-0.4, -0.2) is 17.6 Å². The van der Waals surface area contributed by atoms with E-state index in [0.717, 1.165) is 19.3 Å². The lowest BCUT2D eigenvalue weighted by molar-refractivity contribution is -0.155. The number of rotatable bonds is 3. The molecule has 1 saturated carbocycles. The molecule has 0 aromatic carbocycles. The van der Waals surface area contributed by atoms with E-state index in [4.69, 9.17) is 10.5 Å². The van der Waals surface area contributed by atoms with E-state index in [1.165, 1.54) is 12.8 Å². The molecule has 0 saturated heterocycles. The Hall–Kier alpha value is -0.570. The number of carbonyl (C=O) groups is 1. The second kappa shape index (κ2) is 5.67. The van der Waals surface area contributed by atoms with E-state index in [1.807, 2.05) is 20.8 Å². The molecule has 2 atom stereocenters. The van der Waals surface area contributed by atoms with Crippen LogP contribution < -0.4 is 5.73 Å². The maximum atomic E-state index is 11.5. The van der Waals surface area contributed by atoms with Crippen LogP contribution in [0.3, 0.4) is 0 Å². The van der Waals surface area contributed by atoms with Crippen LogP contribution in [0.1, 0.15) is 59.3 Å². The van der Waals surface area contributed by atoms with Gasteiger partial charge in [-0.15, -0.1) is 0 Å². The first kappa shape index (κ1) is 13.5. The van der Waals surface area contributed by atoms with Crippen LogP contribution >= 0.6 is 0 Å². The van der Waals surface area contributed by atoms with Gasteiger partial charge in [-0.2, -0.15) is 0 Å². The molecular weight excluding hydrogens is 202 g/mol. The van der Waals surface area contributed by atoms with Crippen molar-refractivity contribution in [2.24, 2.45) is 11.7 Å². The number of ether oxygens (including phenoxy) is 1. The van der Waals surface area contributed by atoms with E-state index < -0.39 is 0 Å². The third-order valence-corrected chi connectivity index (χ3v) is 3.00. The number of hydrogen-bond donors (Lipinski definition) is 1. The van der Waals surface area contributed by atoms with Crippen molar-refractivity contribution in [1.82, 2.24) is 0 Å². The molecule has 1 aliphatic rings. The molecule has 94 valence electrons. The Bertz CT molecular complexity index is 233. The fourth-order valence-corrected chi connectivity index (χ4v) is 2.31. The number of esters is 1. The quantitative estimate of drug-likeness (QED) is 0.754. The van der Waals surface area contributed by atoms with E-state index in [9.17, 15) is 4.79 Å². The number of carbonyl (C=O) groups excluding carboxylic acids is 1. The van der Waals surface area contributed by atoms with E-state index >= 15 is 0 Å². The maximum Gasteiger partial charge on any atom is 0.306 e. The fourth-order valence-electron chi connectivity index (χ4n) is 2.31. The van der Waals surface area contributed by atoms with Crippen LogP contribution in [-0.2, 0) is 9.53 Å². The first-order valence-corrected chi connectivity index (χ1v) is 6.34. The Morgan fingerprint density at radius 1 is 1.38 bits per heavy atom. The summed E-state index contributed by atoms with van der Waals surface area (Å²) in [5.41, 5.74) is 5.56. The van der Waals surface area contributed by atoms with E-state index in [0.29, 0.717) is 18.4 Å². The van der Waals surface area contributed by atoms with Gasteiger partial charge in [0, 0.05) is 12.5 Å². The van der Waals surface area contributed by atoms with Gasteiger partial charge in [0.1, 0.15) is 5.60 Å². The highest BCUT2D eigenvalue weighted by molar-refractivity contribution is 5.69. The molecule has 0 radical (unpaired) electrons. The van der Waals surface area contributed by atoms with Crippen molar-refractivity contribution in [3.63, 3.8) is 0 Å². The predicted molar refractivity (Wildman–Crippen MR) is 65.0 cm³/mol. The van der Waals surface area contributed by atoms with Gasteiger partial charge in [0.25, 0.3) is 0 Å². The zero-order valence-electron chi connectivity index (χ0n) is 10.8. The largest absolute Gasteiger partial charge is 0.460 e. The molecule has 0 bridgehead atoms. The summed E-state index contributed by atoms with van der Waals surface area (Å²) in [7, 11) is 0. The van der Waals surface area contributed by atoms with Gasteiger partial charge >= 0.3 is 5.97 Å². The van der Waals surface area contributed by atoms with Crippen molar-refractivity contribution < 1.29 is 9.53 Å². The summed E-state index contributed by atoms with van der Waals surface area (Å²) in [6, 6.07) is 0.345. The molecule has 1 aliphatic carbocycles. The zero-order valence-corrected chi connectivity index (χ0v) is 10.8. The lowest BCUT2D eigenvalue weighted by atomic mass is 9.83. The SMILES string of the molecule is CC(C)(C)OC(=O)CC[C@@H]1CCC[C@H](N)C1. The van der Waals surface area contributed by atoms with E-state index in [-0.39, 0.29) is 11.6 Å². The molecule has 3 nitrogen and oxygen atoms in total. The molecule has 0 unspecified atom stereocenters. The van der Waals surface area contributed by atoms with Crippen LogP contribution in [0.2, 0.25) is 0 Å². The van der Waals surface area contributed by atoms with Gasteiger partial charge in [-0.25, -0.2) is 0 Å². The predicted octanol–water partition coefficient (Wildman–Crippen LogP) is 2.63. The van der Waals surface area contributed by atoms with Crippen molar-refractivity contribution in [1.29, 1.82) is 0 Å². The third-order valence-electron chi connectivity index (χ3n) is 3.00. The van der Waals surface area contributed by atoms with Gasteiger partial charge in [0.15, 0.2) is 0 Å².